The van der Waals surface area contributed by atoms with Crippen LogP contribution in [0.4, 0.5) is 11.4 Å². The van der Waals surface area contributed by atoms with Crippen molar-refractivity contribution in [3.05, 3.63) is 93.5 Å². The molecule has 0 bridgehead atoms. The molecule has 3 aromatic carbocycles. The number of amides is 2. The van der Waals surface area contributed by atoms with Crippen LogP contribution < -0.4 is 10.6 Å². The smallest absolute Gasteiger partial charge is 0.255 e. The Bertz CT molecular complexity index is 980. The number of anilines is 2. The molecule has 0 saturated heterocycles. The largest absolute Gasteiger partial charge is 0.322 e. The van der Waals surface area contributed by atoms with Gasteiger partial charge in [0.05, 0.1) is 0 Å². The van der Waals surface area contributed by atoms with Crippen LogP contribution in [0.5, 0.6) is 0 Å². The number of carbonyl (C=O) groups is 2. The van der Waals surface area contributed by atoms with Crippen molar-refractivity contribution in [3.63, 3.8) is 0 Å². The first-order valence-corrected chi connectivity index (χ1v) is 9.27. The highest BCUT2D eigenvalue weighted by Gasteiger charge is 2.09. The summed E-state index contributed by atoms with van der Waals surface area (Å²) in [5.41, 5.74) is 4.67. The van der Waals surface area contributed by atoms with E-state index in [0.29, 0.717) is 16.8 Å². The lowest BCUT2D eigenvalue weighted by molar-refractivity contribution is 0.102. The molecule has 0 heterocycles. The van der Waals surface area contributed by atoms with Crippen LogP contribution in [-0.2, 0) is 0 Å². The lowest BCUT2D eigenvalue weighted by Crippen LogP contribution is -2.14. The Balaban J connectivity index is 1.66. The maximum absolute atomic E-state index is 12.4. The van der Waals surface area contributed by atoms with E-state index in [0.717, 1.165) is 21.3 Å². The molecule has 0 aromatic heterocycles. The Morgan fingerprint density at radius 1 is 0.741 bits per heavy atom. The summed E-state index contributed by atoms with van der Waals surface area (Å²) < 4.78 is 0.915. The Morgan fingerprint density at radius 2 is 1.30 bits per heavy atom. The zero-order valence-electron chi connectivity index (χ0n) is 15.0. The van der Waals surface area contributed by atoms with Gasteiger partial charge in [-0.05, 0) is 74.0 Å². The quantitative estimate of drug-likeness (QED) is 0.577. The van der Waals surface area contributed by atoms with Crippen LogP contribution >= 0.6 is 15.9 Å². The summed E-state index contributed by atoms with van der Waals surface area (Å²) in [5.74, 6) is -0.386. The van der Waals surface area contributed by atoms with E-state index in [1.54, 1.807) is 36.4 Å². The average Bonchev–Trinajstić information content (AvgIpc) is 2.65. The van der Waals surface area contributed by atoms with Crippen molar-refractivity contribution in [2.45, 2.75) is 13.8 Å². The van der Waals surface area contributed by atoms with E-state index in [4.69, 9.17) is 0 Å². The fourth-order valence-electron chi connectivity index (χ4n) is 2.66. The predicted molar refractivity (Wildman–Crippen MR) is 112 cm³/mol. The number of hydrogen-bond donors (Lipinski definition) is 2. The van der Waals surface area contributed by atoms with Crippen molar-refractivity contribution in [2.75, 3.05) is 10.6 Å². The lowest BCUT2D eigenvalue weighted by atomic mass is 10.1. The maximum Gasteiger partial charge on any atom is 0.255 e. The summed E-state index contributed by atoms with van der Waals surface area (Å²) in [6, 6.07) is 19.8. The van der Waals surface area contributed by atoms with E-state index >= 15 is 0 Å². The zero-order chi connectivity index (χ0) is 19.4. The van der Waals surface area contributed by atoms with Crippen molar-refractivity contribution < 1.29 is 9.59 Å². The second-order valence-corrected chi connectivity index (χ2v) is 7.23. The fourth-order valence-corrected chi connectivity index (χ4v) is 2.92. The van der Waals surface area contributed by atoms with E-state index in [-0.39, 0.29) is 11.8 Å². The zero-order valence-corrected chi connectivity index (χ0v) is 16.6. The number of benzene rings is 3. The second-order valence-electron chi connectivity index (χ2n) is 6.31. The van der Waals surface area contributed by atoms with Crippen LogP contribution in [0.1, 0.15) is 31.8 Å². The molecule has 27 heavy (non-hydrogen) atoms. The molecule has 0 spiro atoms. The monoisotopic (exact) mass is 422 g/mol. The third-order valence-corrected chi connectivity index (χ3v) is 4.67. The molecular formula is C22H19BrN2O2. The summed E-state index contributed by atoms with van der Waals surface area (Å²) in [5, 5.41) is 5.74. The van der Waals surface area contributed by atoms with E-state index in [1.807, 2.05) is 44.2 Å². The number of hydrogen-bond acceptors (Lipinski definition) is 2. The minimum absolute atomic E-state index is 0.187. The van der Waals surface area contributed by atoms with E-state index in [2.05, 4.69) is 26.6 Å². The molecular weight excluding hydrogens is 404 g/mol. The molecule has 0 aliphatic rings. The van der Waals surface area contributed by atoms with Crippen LogP contribution in [-0.4, -0.2) is 11.8 Å². The fraction of sp³-hybridized carbons (Fsp3) is 0.0909. The molecule has 5 heteroatoms. The molecule has 3 aromatic rings. The van der Waals surface area contributed by atoms with Crippen molar-refractivity contribution in [1.82, 2.24) is 0 Å². The Morgan fingerprint density at radius 3 is 1.89 bits per heavy atom. The van der Waals surface area contributed by atoms with Gasteiger partial charge in [-0.3, -0.25) is 9.59 Å². The minimum Gasteiger partial charge on any atom is -0.322 e. The number of nitrogens with one attached hydrogen (secondary N) is 2. The van der Waals surface area contributed by atoms with Crippen LogP contribution in [0.2, 0.25) is 0 Å². The minimum atomic E-state index is -0.199. The molecule has 0 aliphatic carbocycles. The SMILES string of the molecule is Cc1ccc(NC(=O)c2ccc(NC(=O)c3ccc(Br)cc3)cc2)c(C)c1. The molecule has 136 valence electrons. The van der Waals surface area contributed by atoms with Gasteiger partial charge in [-0.2, -0.15) is 0 Å². The molecule has 0 aliphatic heterocycles. The van der Waals surface area contributed by atoms with Crippen LogP contribution in [0.25, 0.3) is 0 Å². The first-order chi connectivity index (χ1) is 12.9. The predicted octanol–water partition coefficient (Wildman–Crippen LogP) is 5.57. The van der Waals surface area contributed by atoms with Crippen molar-refractivity contribution >= 4 is 39.1 Å². The lowest BCUT2D eigenvalue weighted by Gasteiger charge is -2.10. The van der Waals surface area contributed by atoms with Gasteiger partial charge in [0.1, 0.15) is 0 Å². The Hall–Kier alpha value is -2.92. The topological polar surface area (TPSA) is 58.2 Å². The second kappa shape index (κ2) is 8.18. The molecule has 0 saturated carbocycles. The van der Waals surface area contributed by atoms with Crippen molar-refractivity contribution in [2.24, 2.45) is 0 Å². The van der Waals surface area contributed by atoms with Gasteiger partial charge in [-0.1, -0.05) is 33.6 Å². The van der Waals surface area contributed by atoms with Gasteiger partial charge in [-0.15, -0.1) is 0 Å². The third-order valence-electron chi connectivity index (χ3n) is 4.14. The van der Waals surface area contributed by atoms with E-state index in [9.17, 15) is 9.59 Å². The normalized spacial score (nSPS) is 10.3. The molecule has 0 unspecified atom stereocenters. The van der Waals surface area contributed by atoms with Gasteiger partial charge in [0.2, 0.25) is 0 Å². The molecule has 0 atom stereocenters. The molecule has 0 fully saturated rings. The first kappa shape index (κ1) is 18.9. The molecule has 3 rings (SSSR count). The number of rotatable bonds is 4. The molecule has 2 amide bonds. The van der Waals surface area contributed by atoms with Crippen molar-refractivity contribution in [3.8, 4) is 0 Å². The number of aryl methyl sites for hydroxylation is 2. The standard InChI is InChI=1S/C22H19BrN2O2/c1-14-3-12-20(15(2)13-14)25-22(27)17-6-10-19(11-7-17)24-21(26)16-4-8-18(23)9-5-16/h3-13H,1-2H3,(H,24,26)(H,25,27). The Kier molecular flexibility index (Phi) is 5.72. The highest BCUT2D eigenvalue weighted by atomic mass is 79.9. The Labute approximate surface area is 166 Å². The highest BCUT2D eigenvalue weighted by Crippen LogP contribution is 2.18. The van der Waals surface area contributed by atoms with Crippen molar-refractivity contribution in [1.29, 1.82) is 0 Å². The number of carbonyl (C=O) groups excluding carboxylic acids is 2. The van der Waals surface area contributed by atoms with Gasteiger partial charge in [-0.25, -0.2) is 0 Å². The average molecular weight is 423 g/mol. The summed E-state index contributed by atoms with van der Waals surface area (Å²) in [6.45, 7) is 3.98. The summed E-state index contributed by atoms with van der Waals surface area (Å²) in [7, 11) is 0. The molecule has 4 nitrogen and oxygen atoms in total. The van der Waals surface area contributed by atoms with Crippen LogP contribution in [0.3, 0.4) is 0 Å². The van der Waals surface area contributed by atoms with Crippen LogP contribution in [0.15, 0.2) is 71.2 Å². The summed E-state index contributed by atoms with van der Waals surface area (Å²) in [6.07, 6.45) is 0. The molecule has 2 N–H and O–H groups in total. The van der Waals surface area contributed by atoms with Gasteiger partial charge in [0, 0.05) is 27.0 Å². The molecule has 0 radical (unpaired) electrons. The van der Waals surface area contributed by atoms with E-state index in [1.165, 1.54) is 0 Å². The maximum atomic E-state index is 12.4. The summed E-state index contributed by atoms with van der Waals surface area (Å²) in [4.78, 5) is 24.7. The summed E-state index contributed by atoms with van der Waals surface area (Å²) >= 11 is 3.34. The van der Waals surface area contributed by atoms with Gasteiger partial charge in [0.25, 0.3) is 11.8 Å². The van der Waals surface area contributed by atoms with E-state index < -0.39 is 0 Å². The van der Waals surface area contributed by atoms with Gasteiger partial charge >= 0.3 is 0 Å². The van der Waals surface area contributed by atoms with Gasteiger partial charge < -0.3 is 10.6 Å². The number of halogens is 1. The third kappa shape index (κ3) is 4.83. The first-order valence-electron chi connectivity index (χ1n) is 8.48. The van der Waals surface area contributed by atoms with Crippen LogP contribution in [0, 0.1) is 13.8 Å². The highest BCUT2D eigenvalue weighted by molar-refractivity contribution is 9.10. The van der Waals surface area contributed by atoms with Gasteiger partial charge in [0.15, 0.2) is 0 Å².